The second-order valence-corrected chi connectivity index (χ2v) is 5.37. The third kappa shape index (κ3) is 3.40. The lowest BCUT2D eigenvalue weighted by molar-refractivity contribution is 0.120. The summed E-state index contributed by atoms with van der Waals surface area (Å²) in [7, 11) is 0. The molecule has 1 aliphatic heterocycles. The first-order valence-corrected chi connectivity index (χ1v) is 6.82. The van der Waals surface area contributed by atoms with Gasteiger partial charge < -0.3 is 15.8 Å². The number of nitrogens with one attached hydrogen (secondary N) is 1. The van der Waals surface area contributed by atoms with Crippen LogP contribution in [0, 0.1) is 0 Å². The standard InChI is InChI=1S/C12H15BrN2OS/c13-11-6-8(3-4-10(11)12(14)17)15-7-9-2-1-5-16-9/h3-4,6,9,15H,1-2,5,7H2,(H2,14,17). The van der Waals surface area contributed by atoms with Gasteiger partial charge in [0.2, 0.25) is 0 Å². The molecule has 5 heteroatoms. The van der Waals surface area contributed by atoms with Gasteiger partial charge in [0.1, 0.15) is 4.99 Å². The third-order valence-electron chi connectivity index (χ3n) is 2.79. The summed E-state index contributed by atoms with van der Waals surface area (Å²) < 4.78 is 6.47. The number of benzene rings is 1. The second kappa shape index (κ2) is 5.80. The predicted molar refractivity (Wildman–Crippen MR) is 77.5 cm³/mol. The van der Waals surface area contributed by atoms with Gasteiger partial charge in [0.15, 0.2) is 0 Å². The SMILES string of the molecule is NC(=S)c1ccc(NCC2CCCO2)cc1Br. The lowest BCUT2D eigenvalue weighted by Gasteiger charge is -2.13. The Labute approximate surface area is 115 Å². The topological polar surface area (TPSA) is 47.3 Å². The number of nitrogens with two attached hydrogens (primary N) is 1. The molecule has 3 N–H and O–H groups in total. The van der Waals surface area contributed by atoms with Gasteiger partial charge in [-0.2, -0.15) is 0 Å². The van der Waals surface area contributed by atoms with E-state index in [1.54, 1.807) is 0 Å². The van der Waals surface area contributed by atoms with Gasteiger partial charge in [0, 0.05) is 28.9 Å². The quantitative estimate of drug-likeness (QED) is 0.839. The fourth-order valence-electron chi connectivity index (χ4n) is 1.86. The molecule has 1 unspecified atom stereocenters. The van der Waals surface area contributed by atoms with Crippen molar-refractivity contribution >= 4 is 38.8 Å². The lowest BCUT2D eigenvalue weighted by Crippen LogP contribution is -2.18. The van der Waals surface area contributed by atoms with Crippen LogP contribution in [0.25, 0.3) is 0 Å². The zero-order valence-corrected chi connectivity index (χ0v) is 11.8. The van der Waals surface area contributed by atoms with Gasteiger partial charge in [-0.05, 0) is 47.0 Å². The van der Waals surface area contributed by atoms with E-state index < -0.39 is 0 Å². The maximum Gasteiger partial charge on any atom is 0.105 e. The highest BCUT2D eigenvalue weighted by molar-refractivity contribution is 9.10. The van der Waals surface area contributed by atoms with Crippen LogP contribution in [0.2, 0.25) is 0 Å². The van der Waals surface area contributed by atoms with Crippen molar-refractivity contribution in [2.75, 3.05) is 18.5 Å². The van der Waals surface area contributed by atoms with E-state index in [4.69, 9.17) is 22.7 Å². The summed E-state index contributed by atoms with van der Waals surface area (Å²) in [5.41, 5.74) is 7.51. The molecule has 1 aliphatic rings. The molecule has 0 amide bonds. The van der Waals surface area contributed by atoms with E-state index in [0.717, 1.165) is 41.7 Å². The molecule has 0 saturated carbocycles. The monoisotopic (exact) mass is 314 g/mol. The number of hydrogen-bond donors (Lipinski definition) is 2. The molecule has 0 bridgehead atoms. The van der Waals surface area contributed by atoms with Crippen LogP contribution < -0.4 is 11.1 Å². The number of thiocarbonyl (C=S) groups is 1. The van der Waals surface area contributed by atoms with Crippen LogP contribution in [0.3, 0.4) is 0 Å². The van der Waals surface area contributed by atoms with E-state index in [0.29, 0.717) is 11.1 Å². The molecule has 0 aliphatic carbocycles. The first-order valence-electron chi connectivity index (χ1n) is 5.61. The summed E-state index contributed by atoms with van der Waals surface area (Å²) >= 11 is 8.41. The highest BCUT2D eigenvalue weighted by atomic mass is 79.9. The minimum Gasteiger partial charge on any atom is -0.389 e. The Balaban J connectivity index is 1.97. The first-order chi connectivity index (χ1) is 8.16. The number of hydrogen-bond acceptors (Lipinski definition) is 3. The van der Waals surface area contributed by atoms with Crippen LogP contribution in [-0.2, 0) is 4.74 Å². The molecule has 1 fully saturated rings. The third-order valence-corrected chi connectivity index (χ3v) is 3.67. The van der Waals surface area contributed by atoms with Crippen molar-refractivity contribution in [3.8, 4) is 0 Å². The van der Waals surface area contributed by atoms with Crippen LogP contribution in [0.15, 0.2) is 22.7 Å². The minimum absolute atomic E-state index is 0.337. The van der Waals surface area contributed by atoms with E-state index >= 15 is 0 Å². The Hall–Kier alpha value is -0.650. The predicted octanol–water partition coefficient (Wildman–Crippen LogP) is 2.67. The Morgan fingerprint density at radius 2 is 2.41 bits per heavy atom. The van der Waals surface area contributed by atoms with Gasteiger partial charge in [-0.25, -0.2) is 0 Å². The van der Waals surface area contributed by atoms with Gasteiger partial charge in [-0.1, -0.05) is 12.2 Å². The molecule has 2 rings (SSSR count). The Kier molecular flexibility index (Phi) is 4.36. The number of anilines is 1. The van der Waals surface area contributed by atoms with Crippen LogP contribution >= 0.6 is 28.1 Å². The number of rotatable bonds is 4. The van der Waals surface area contributed by atoms with E-state index in [2.05, 4.69) is 21.2 Å². The zero-order chi connectivity index (χ0) is 12.3. The van der Waals surface area contributed by atoms with Gasteiger partial charge in [-0.15, -0.1) is 0 Å². The van der Waals surface area contributed by atoms with Crippen molar-refractivity contribution in [3.05, 3.63) is 28.2 Å². The highest BCUT2D eigenvalue weighted by Crippen LogP contribution is 2.22. The summed E-state index contributed by atoms with van der Waals surface area (Å²) in [4.78, 5) is 0.405. The molecule has 1 aromatic carbocycles. The van der Waals surface area contributed by atoms with E-state index in [1.807, 2.05) is 18.2 Å². The Bertz CT molecular complexity index is 419. The fourth-order valence-corrected chi connectivity index (χ4v) is 2.76. The molecule has 1 saturated heterocycles. The van der Waals surface area contributed by atoms with Crippen LogP contribution in [0.4, 0.5) is 5.69 Å². The molecular weight excluding hydrogens is 300 g/mol. The Morgan fingerprint density at radius 3 is 3.00 bits per heavy atom. The van der Waals surface area contributed by atoms with E-state index in [9.17, 15) is 0 Å². The van der Waals surface area contributed by atoms with E-state index in [1.165, 1.54) is 0 Å². The average Bonchev–Trinajstić information content (AvgIpc) is 2.78. The summed E-state index contributed by atoms with van der Waals surface area (Å²) in [6.45, 7) is 1.73. The maximum atomic E-state index is 5.60. The summed E-state index contributed by atoms with van der Waals surface area (Å²) in [6, 6.07) is 5.89. The first kappa shape index (κ1) is 12.8. The maximum absolute atomic E-state index is 5.60. The molecule has 1 aromatic rings. The normalized spacial score (nSPS) is 19.2. The average molecular weight is 315 g/mol. The van der Waals surface area contributed by atoms with Crippen LogP contribution in [0.5, 0.6) is 0 Å². The molecule has 0 radical (unpaired) electrons. The van der Waals surface area contributed by atoms with Crippen molar-refractivity contribution in [1.82, 2.24) is 0 Å². The molecule has 17 heavy (non-hydrogen) atoms. The van der Waals surface area contributed by atoms with Crippen molar-refractivity contribution in [2.24, 2.45) is 5.73 Å². The summed E-state index contributed by atoms with van der Waals surface area (Å²) in [5.74, 6) is 0. The second-order valence-electron chi connectivity index (χ2n) is 4.07. The van der Waals surface area contributed by atoms with Crippen molar-refractivity contribution in [2.45, 2.75) is 18.9 Å². The van der Waals surface area contributed by atoms with Crippen molar-refractivity contribution in [3.63, 3.8) is 0 Å². The highest BCUT2D eigenvalue weighted by Gasteiger charge is 2.14. The molecular formula is C12H15BrN2OS. The molecule has 3 nitrogen and oxygen atoms in total. The van der Waals surface area contributed by atoms with Crippen molar-refractivity contribution in [1.29, 1.82) is 0 Å². The minimum atomic E-state index is 0.337. The summed E-state index contributed by atoms with van der Waals surface area (Å²) in [5, 5.41) is 3.35. The van der Waals surface area contributed by atoms with Gasteiger partial charge in [-0.3, -0.25) is 0 Å². The van der Waals surface area contributed by atoms with Crippen molar-refractivity contribution < 1.29 is 4.74 Å². The van der Waals surface area contributed by atoms with Gasteiger partial charge in [0.05, 0.1) is 6.10 Å². The van der Waals surface area contributed by atoms with Gasteiger partial charge in [0.25, 0.3) is 0 Å². The molecule has 1 atom stereocenters. The molecule has 0 spiro atoms. The van der Waals surface area contributed by atoms with Crippen LogP contribution in [-0.4, -0.2) is 24.2 Å². The fraction of sp³-hybridized carbons (Fsp3) is 0.417. The molecule has 1 heterocycles. The number of halogens is 1. The molecule has 92 valence electrons. The number of ether oxygens (including phenoxy) is 1. The largest absolute Gasteiger partial charge is 0.389 e. The Morgan fingerprint density at radius 1 is 1.59 bits per heavy atom. The van der Waals surface area contributed by atoms with E-state index in [-0.39, 0.29) is 0 Å². The van der Waals surface area contributed by atoms with Gasteiger partial charge >= 0.3 is 0 Å². The smallest absolute Gasteiger partial charge is 0.105 e. The van der Waals surface area contributed by atoms with Crippen LogP contribution in [0.1, 0.15) is 18.4 Å². The summed E-state index contributed by atoms with van der Waals surface area (Å²) in [6.07, 6.45) is 2.64. The molecule has 0 aromatic heterocycles. The lowest BCUT2D eigenvalue weighted by atomic mass is 10.2. The zero-order valence-electron chi connectivity index (χ0n) is 9.41.